The number of nitrogens with zero attached hydrogens (tertiary/aromatic N) is 3. The predicted molar refractivity (Wildman–Crippen MR) is 75.1 cm³/mol. The molecule has 0 fully saturated rings. The molecule has 1 aromatic heterocycles. The minimum Gasteiger partial charge on any atom is -0.294 e. The van der Waals surface area contributed by atoms with E-state index in [1.54, 1.807) is 4.68 Å². The number of halogens is 2. The van der Waals surface area contributed by atoms with Gasteiger partial charge in [-0.1, -0.05) is 0 Å². The lowest BCUT2D eigenvalue weighted by Gasteiger charge is -2.12. The number of carbonyl (C=O) groups excluding carboxylic acids is 1. The quantitative estimate of drug-likeness (QED) is 0.874. The van der Waals surface area contributed by atoms with Gasteiger partial charge in [-0.15, -0.1) is 0 Å². The van der Waals surface area contributed by atoms with Crippen LogP contribution in [0.25, 0.3) is 11.3 Å². The number of rotatable bonds is 3. The van der Waals surface area contributed by atoms with E-state index in [2.05, 4.69) is 5.10 Å². The normalized spacial score (nSPS) is 13.8. The number of aryl methyl sites for hydroxylation is 1. The number of ketones is 1. The molecule has 0 radical (unpaired) electrons. The highest BCUT2D eigenvalue weighted by Crippen LogP contribution is 2.32. The van der Waals surface area contributed by atoms with Crippen molar-refractivity contribution in [1.82, 2.24) is 9.78 Å². The van der Waals surface area contributed by atoms with Crippen LogP contribution in [0.1, 0.15) is 35.3 Å². The summed E-state index contributed by atoms with van der Waals surface area (Å²) in [5, 5.41) is 13.1. The summed E-state index contributed by atoms with van der Waals surface area (Å²) in [6.07, 6.45) is 2.07. The van der Waals surface area contributed by atoms with Gasteiger partial charge in [0.2, 0.25) is 0 Å². The number of hydrogen-bond acceptors (Lipinski definition) is 3. The van der Waals surface area contributed by atoms with E-state index in [-0.39, 0.29) is 17.8 Å². The number of carbonyl (C=O) groups is 1. The van der Waals surface area contributed by atoms with E-state index in [0.29, 0.717) is 30.6 Å². The molecule has 0 bridgehead atoms. The Balaban J connectivity index is 2.16. The van der Waals surface area contributed by atoms with Crippen molar-refractivity contribution in [2.45, 2.75) is 32.2 Å². The van der Waals surface area contributed by atoms with Crippen LogP contribution in [0.5, 0.6) is 0 Å². The third kappa shape index (κ3) is 2.50. The zero-order valence-electron chi connectivity index (χ0n) is 11.8. The number of fused-ring (bicyclic) bond motifs is 1. The zero-order valence-corrected chi connectivity index (χ0v) is 11.8. The van der Waals surface area contributed by atoms with Crippen LogP contribution in [-0.2, 0) is 13.0 Å². The van der Waals surface area contributed by atoms with E-state index in [0.717, 1.165) is 18.2 Å². The molecule has 22 heavy (non-hydrogen) atoms. The first-order valence-electron chi connectivity index (χ1n) is 7.06. The molecule has 0 saturated carbocycles. The average Bonchev–Trinajstić information content (AvgIpc) is 2.84. The molecule has 1 aliphatic carbocycles. The van der Waals surface area contributed by atoms with Crippen molar-refractivity contribution < 1.29 is 13.6 Å². The van der Waals surface area contributed by atoms with Crippen LogP contribution in [0, 0.1) is 23.0 Å². The standard InChI is InChI=1S/C16H13F2N3O/c17-11-7-10(8-12(18)9-11)16-15-13(3-1-4-14(15)22)21(20-16)6-2-5-19/h7-9H,1-4,6H2. The number of nitriles is 1. The first kappa shape index (κ1) is 14.4. The third-order valence-corrected chi connectivity index (χ3v) is 3.73. The van der Waals surface area contributed by atoms with E-state index in [1.807, 2.05) is 6.07 Å². The first-order valence-corrected chi connectivity index (χ1v) is 7.06. The first-order chi connectivity index (χ1) is 10.6. The summed E-state index contributed by atoms with van der Waals surface area (Å²) < 4.78 is 28.5. The molecule has 4 nitrogen and oxygen atoms in total. The molecule has 0 unspecified atom stereocenters. The van der Waals surface area contributed by atoms with Gasteiger partial charge in [0.15, 0.2) is 5.78 Å². The van der Waals surface area contributed by atoms with Crippen LogP contribution < -0.4 is 0 Å². The van der Waals surface area contributed by atoms with Crippen LogP contribution in [0.2, 0.25) is 0 Å². The van der Waals surface area contributed by atoms with Crippen LogP contribution in [0.15, 0.2) is 18.2 Å². The molecule has 0 saturated heterocycles. The van der Waals surface area contributed by atoms with E-state index in [9.17, 15) is 13.6 Å². The van der Waals surface area contributed by atoms with E-state index >= 15 is 0 Å². The second kappa shape index (κ2) is 5.68. The van der Waals surface area contributed by atoms with Crippen molar-refractivity contribution in [3.8, 4) is 17.3 Å². The Labute approximate surface area is 126 Å². The summed E-state index contributed by atoms with van der Waals surface area (Å²) in [5.74, 6) is -1.48. The van der Waals surface area contributed by atoms with Crippen LogP contribution in [-0.4, -0.2) is 15.6 Å². The predicted octanol–water partition coefficient (Wildman–Crippen LogP) is 3.26. The van der Waals surface area contributed by atoms with Crippen LogP contribution in [0.3, 0.4) is 0 Å². The van der Waals surface area contributed by atoms with Gasteiger partial charge in [0.1, 0.15) is 17.3 Å². The number of aromatic nitrogens is 2. The summed E-state index contributed by atoms with van der Waals surface area (Å²) in [6, 6.07) is 5.16. The Morgan fingerprint density at radius 1 is 1.23 bits per heavy atom. The lowest BCUT2D eigenvalue weighted by molar-refractivity contribution is 0.0972. The summed E-state index contributed by atoms with van der Waals surface area (Å²) in [5.41, 5.74) is 1.75. The fraction of sp³-hybridized carbons (Fsp3) is 0.312. The number of hydrogen-bond donors (Lipinski definition) is 0. The van der Waals surface area contributed by atoms with Gasteiger partial charge < -0.3 is 0 Å². The Morgan fingerprint density at radius 2 is 1.95 bits per heavy atom. The van der Waals surface area contributed by atoms with Gasteiger partial charge in [0, 0.05) is 23.7 Å². The smallest absolute Gasteiger partial charge is 0.166 e. The van der Waals surface area contributed by atoms with Crippen molar-refractivity contribution in [2.75, 3.05) is 0 Å². The van der Waals surface area contributed by atoms with E-state index in [1.165, 1.54) is 12.1 Å². The minimum absolute atomic E-state index is 0.0656. The third-order valence-electron chi connectivity index (χ3n) is 3.73. The molecule has 1 aromatic carbocycles. The van der Waals surface area contributed by atoms with Gasteiger partial charge >= 0.3 is 0 Å². The molecule has 1 aliphatic rings. The minimum atomic E-state index is -0.710. The van der Waals surface area contributed by atoms with Gasteiger partial charge in [-0.25, -0.2) is 8.78 Å². The monoisotopic (exact) mass is 301 g/mol. The molecule has 0 spiro atoms. The highest BCUT2D eigenvalue weighted by Gasteiger charge is 2.27. The van der Waals surface area contributed by atoms with Crippen molar-refractivity contribution in [3.63, 3.8) is 0 Å². The molecular formula is C16H13F2N3O. The van der Waals surface area contributed by atoms with Crippen molar-refractivity contribution in [1.29, 1.82) is 5.26 Å². The molecule has 0 aliphatic heterocycles. The molecule has 3 rings (SSSR count). The van der Waals surface area contributed by atoms with E-state index < -0.39 is 11.6 Å². The maximum absolute atomic E-state index is 13.4. The Morgan fingerprint density at radius 3 is 2.64 bits per heavy atom. The maximum Gasteiger partial charge on any atom is 0.166 e. The van der Waals surface area contributed by atoms with Gasteiger partial charge in [-0.05, 0) is 25.0 Å². The van der Waals surface area contributed by atoms with Gasteiger partial charge in [-0.2, -0.15) is 10.4 Å². The largest absolute Gasteiger partial charge is 0.294 e. The molecule has 1 heterocycles. The van der Waals surface area contributed by atoms with E-state index in [4.69, 9.17) is 5.26 Å². The second-order valence-corrected chi connectivity index (χ2v) is 5.24. The van der Waals surface area contributed by atoms with Gasteiger partial charge in [0.25, 0.3) is 0 Å². The lowest BCUT2D eigenvalue weighted by Crippen LogP contribution is -2.14. The van der Waals surface area contributed by atoms with Crippen molar-refractivity contribution in [2.24, 2.45) is 0 Å². The average molecular weight is 301 g/mol. The topological polar surface area (TPSA) is 58.7 Å². The molecular weight excluding hydrogens is 288 g/mol. The summed E-state index contributed by atoms with van der Waals surface area (Å²) >= 11 is 0. The highest BCUT2D eigenvalue weighted by molar-refractivity contribution is 6.03. The fourth-order valence-corrected chi connectivity index (χ4v) is 2.82. The van der Waals surface area contributed by atoms with Gasteiger partial charge in [0.05, 0.1) is 24.6 Å². The lowest BCUT2D eigenvalue weighted by atomic mass is 9.92. The Kier molecular flexibility index (Phi) is 3.72. The molecule has 112 valence electrons. The van der Waals surface area contributed by atoms with Crippen LogP contribution >= 0.6 is 0 Å². The Hall–Kier alpha value is -2.55. The fourth-order valence-electron chi connectivity index (χ4n) is 2.82. The highest BCUT2D eigenvalue weighted by atomic mass is 19.1. The Bertz CT molecular complexity index is 769. The van der Waals surface area contributed by atoms with Crippen molar-refractivity contribution >= 4 is 5.78 Å². The summed E-state index contributed by atoms with van der Waals surface area (Å²) in [4.78, 5) is 12.2. The van der Waals surface area contributed by atoms with Crippen molar-refractivity contribution in [3.05, 3.63) is 41.1 Å². The van der Waals surface area contributed by atoms with Crippen LogP contribution in [0.4, 0.5) is 8.78 Å². The second-order valence-electron chi connectivity index (χ2n) is 5.24. The number of benzene rings is 1. The van der Waals surface area contributed by atoms with Gasteiger partial charge in [-0.3, -0.25) is 9.48 Å². The number of Topliss-reactive ketones (excluding diaryl/α,β-unsaturated/α-hetero) is 1. The summed E-state index contributed by atoms with van der Waals surface area (Å²) in [6.45, 7) is 0.365. The molecule has 2 aromatic rings. The summed E-state index contributed by atoms with van der Waals surface area (Å²) in [7, 11) is 0. The molecule has 0 N–H and O–H groups in total. The molecule has 0 amide bonds. The zero-order chi connectivity index (χ0) is 15.7. The molecule has 6 heteroatoms. The SMILES string of the molecule is N#CCCn1nc(-c2cc(F)cc(F)c2)c2c1CCCC2=O. The molecule has 0 atom stereocenters. The maximum atomic E-state index is 13.4.